The molecular formula is C3H5BrN2S. The summed E-state index contributed by atoms with van der Waals surface area (Å²) in [4.78, 5) is 3.79. The third-order valence-corrected chi connectivity index (χ3v) is 1.73. The van der Waals surface area contributed by atoms with Crippen LogP contribution in [0.2, 0.25) is 0 Å². The third-order valence-electron chi connectivity index (χ3n) is 0.402. The molecule has 0 aliphatic carbocycles. The summed E-state index contributed by atoms with van der Waals surface area (Å²) < 4.78 is 1.09. The Morgan fingerprint density at radius 1 is 1.71 bits per heavy atom. The highest BCUT2D eigenvalue weighted by molar-refractivity contribution is 9.11. The van der Waals surface area contributed by atoms with E-state index in [1.807, 2.05) is 0 Å². The molecule has 1 aromatic heterocycles. The molecule has 0 aliphatic heterocycles. The second-order valence-electron chi connectivity index (χ2n) is 0.806. The van der Waals surface area contributed by atoms with Crippen LogP contribution < -0.4 is 6.15 Å². The van der Waals surface area contributed by atoms with Crippen molar-refractivity contribution in [1.29, 1.82) is 0 Å². The van der Waals surface area contributed by atoms with Crippen molar-refractivity contribution >= 4 is 27.3 Å². The van der Waals surface area contributed by atoms with Crippen LogP contribution in [0.4, 0.5) is 0 Å². The van der Waals surface area contributed by atoms with Crippen molar-refractivity contribution in [3.8, 4) is 0 Å². The van der Waals surface area contributed by atoms with Gasteiger partial charge in [-0.1, -0.05) is 0 Å². The lowest BCUT2D eigenvalue weighted by Crippen LogP contribution is -1.41. The summed E-state index contributed by atoms with van der Waals surface area (Å²) in [6.07, 6.45) is 1.77. The predicted molar refractivity (Wildman–Crippen MR) is 34.8 cm³/mol. The Bertz CT molecular complexity index is 116. The summed E-state index contributed by atoms with van der Waals surface area (Å²) in [5, 5.41) is 0. The number of thiazole rings is 1. The SMILES string of the molecule is Brc1cncs1.N. The number of hydrogen-bond donors (Lipinski definition) is 1. The average molecular weight is 181 g/mol. The van der Waals surface area contributed by atoms with Gasteiger partial charge in [-0.05, 0) is 15.9 Å². The minimum atomic E-state index is 0. The van der Waals surface area contributed by atoms with Crippen LogP contribution >= 0.6 is 27.3 Å². The van der Waals surface area contributed by atoms with E-state index in [-0.39, 0.29) is 6.15 Å². The molecule has 2 nitrogen and oxygen atoms in total. The largest absolute Gasteiger partial charge is 0.344 e. The lowest BCUT2D eigenvalue weighted by atomic mass is 11.0. The summed E-state index contributed by atoms with van der Waals surface area (Å²) in [6.45, 7) is 0. The van der Waals surface area contributed by atoms with Crippen LogP contribution in [0.1, 0.15) is 0 Å². The second kappa shape index (κ2) is 3.12. The fourth-order valence-corrected chi connectivity index (χ4v) is 0.913. The van der Waals surface area contributed by atoms with Crippen LogP contribution in [-0.4, -0.2) is 4.98 Å². The van der Waals surface area contributed by atoms with Crippen LogP contribution in [0.15, 0.2) is 15.5 Å². The third kappa shape index (κ3) is 2.01. The minimum absolute atomic E-state index is 0. The molecule has 0 bridgehead atoms. The first-order chi connectivity index (χ1) is 2.89. The van der Waals surface area contributed by atoms with Gasteiger partial charge in [0.2, 0.25) is 0 Å². The highest BCUT2D eigenvalue weighted by atomic mass is 79.9. The second-order valence-corrected chi connectivity index (χ2v) is 3.07. The predicted octanol–water partition coefficient (Wildman–Crippen LogP) is 2.07. The van der Waals surface area contributed by atoms with Gasteiger partial charge >= 0.3 is 0 Å². The molecular weight excluding hydrogens is 176 g/mol. The number of aromatic nitrogens is 1. The first kappa shape index (κ1) is 7.07. The highest BCUT2D eigenvalue weighted by Crippen LogP contribution is 2.12. The van der Waals surface area contributed by atoms with Crippen molar-refractivity contribution in [2.45, 2.75) is 0 Å². The van der Waals surface area contributed by atoms with Gasteiger partial charge in [0.05, 0.1) is 15.5 Å². The number of hydrogen-bond acceptors (Lipinski definition) is 3. The number of halogens is 1. The van der Waals surface area contributed by atoms with Crippen LogP contribution in [0.5, 0.6) is 0 Å². The van der Waals surface area contributed by atoms with E-state index in [1.54, 1.807) is 23.0 Å². The minimum Gasteiger partial charge on any atom is -0.344 e. The van der Waals surface area contributed by atoms with E-state index in [1.165, 1.54) is 0 Å². The molecule has 0 aromatic carbocycles. The van der Waals surface area contributed by atoms with Crippen LogP contribution in [0.3, 0.4) is 0 Å². The van der Waals surface area contributed by atoms with Crippen molar-refractivity contribution in [3.63, 3.8) is 0 Å². The van der Waals surface area contributed by atoms with Crippen molar-refractivity contribution in [2.75, 3.05) is 0 Å². The summed E-state index contributed by atoms with van der Waals surface area (Å²) in [7, 11) is 0. The van der Waals surface area contributed by atoms with Crippen molar-refractivity contribution in [3.05, 3.63) is 15.5 Å². The highest BCUT2D eigenvalue weighted by Gasteiger charge is 1.78. The van der Waals surface area contributed by atoms with Crippen LogP contribution in [-0.2, 0) is 0 Å². The molecule has 1 rings (SSSR count). The van der Waals surface area contributed by atoms with E-state index in [9.17, 15) is 0 Å². The summed E-state index contributed by atoms with van der Waals surface area (Å²) >= 11 is 4.82. The Morgan fingerprint density at radius 3 is 2.57 bits per heavy atom. The van der Waals surface area contributed by atoms with Crippen molar-refractivity contribution in [2.24, 2.45) is 0 Å². The lowest BCUT2D eigenvalue weighted by molar-refractivity contribution is 1.42. The Balaban J connectivity index is 0.000000360. The van der Waals surface area contributed by atoms with Crippen molar-refractivity contribution in [1.82, 2.24) is 11.1 Å². The standard InChI is InChI=1S/C3H2BrNS.H3N/c4-3-1-5-2-6-3;/h1-2H;1H3. The molecule has 3 N–H and O–H groups in total. The van der Waals surface area contributed by atoms with E-state index in [0.29, 0.717) is 0 Å². The number of rotatable bonds is 0. The molecule has 0 spiro atoms. The maximum Gasteiger partial charge on any atom is 0.0896 e. The quantitative estimate of drug-likeness (QED) is 0.665. The van der Waals surface area contributed by atoms with E-state index >= 15 is 0 Å². The molecule has 0 amide bonds. The zero-order valence-corrected chi connectivity index (χ0v) is 6.00. The summed E-state index contributed by atoms with van der Waals surface area (Å²) in [6, 6.07) is 0. The van der Waals surface area contributed by atoms with E-state index in [2.05, 4.69) is 20.9 Å². The van der Waals surface area contributed by atoms with Crippen LogP contribution in [0, 0.1) is 0 Å². The zero-order valence-electron chi connectivity index (χ0n) is 3.60. The Labute approximate surface area is 54.3 Å². The Hall–Kier alpha value is 0.0700. The summed E-state index contributed by atoms with van der Waals surface area (Å²) in [5.41, 5.74) is 1.78. The molecule has 40 valence electrons. The first-order valence-electron chi connectivity index (χ1n) is 1.43. The fourth-order valence-electron chi connectivity index (χ4n) is 0.200. The van der Waals surface area contributed by atoms with Gasteiger partial charge in [0.25, 0.3) is 0 Å². The van der Waals surface area contributed by atoms with E-state index < -0.39 is 0 Å². The Morgan fingerprint density at radius 2 is 2.43 bits per heavy atom. The van der Waals surface area contributed by atoms with Gasteiger partial charge in [0.15, 0.2) is 0 Å². The van der Waals surface area contributed by atoms with Gasteiger partial charge in [-0.15, -0.1) is 11.3 Å². The summed E-state index contributed by atoms with van der Waals surface area (Å²) in [5.74, 6) is 0. The molecule has 0 radical (unpaired) electrons. The molecule has 1 aromatic rings. The fraction of sp³-hybridized carbons (Fsp3) is 0. The molecule has 1 heterocycles. The monoisotopic (exact) mass is 180 g/mol. The topological polar surface area (TPSA) is 47.9 Å². The van der Waals surface area contributed by atoms with Crippen molar-refractivity contribution < 1.29 is 0 Å². The van der Waals surface area contributed by atoms with E-state index in [4.69, 9.17) is 0 Å². The normalized spacial score (nSPS) is 7.57. The van der Waals surface area contributed by atoms with Gasteiger partial charge in [-0.2, -0.15) is 0 Å². The van der Waals surface area contributed by atoms with E-state index in [0.717, 1.165) is 3.79 Å². The van der Waals surface area contributed by atoms with Gasteiger partial charge in [0, 0.05) is 0 Å². The zero-order chi connectivity index (χ0) is 4.41. The molecule has 0 saturated heterocycles. The molecule has 0 saturated carbocycles. The average Bonchev–Trinajstić information content (AvgIpc) is 1.86. The van der Waals surface area contributed by atoms with Crippen LogP contribution in [0.25, 0.3) is 0 Å². The first-order valence-corrected chi connectivity index (χ1v) is 3.11. The molecule has 4 heteroatoms. The maximum absolute atomic E-state index is 3.79. The van der Waals surface area contributed by atoms with Gasteiger partial charge in [-0.3, -0.25) is 4.98 Å². The smallest absolute Gasteiger partial charge is 0.0896 e. The van der Waals surface area contributed by atoms with Gasteiger partial charge in [0.1, 0.15) is 0 Å². The molecule has 0 atom stereocenters. The van der Waals surface area contributed by atoms with Gasteiger partial charge in [-0.25, -0.2) is 0 Å². The molecule has 7 heavy (non-hydrogen) atoms. The molecule has 0 fully saturated rings. The Kier molecular flexibility index (Phi) is 3.15. The molecule has 0 unspecified atom stereocenters. The number of nitrogens with zero attached hydrogens (tertiary/aromatic N) is 1. The van der Waals surface area contributed by atoms with Gasteiger partial charge < -0.3 is 6.15 Å². The molecule has 0 aliphatic rings. The lowest BCUT2D eigenvalue weighted by Gasteiger charge is -1.60. The maximum atomic E-state index is 3.79.